The van der Waals surface area contributed by atoms with Crippen molar-refractivity contribution >= 4 is 23.6 Å². The number of halogens is 3. The molecule has 10 heteroatoms. The van der Waals surface area contributed by atoms with Gasteiger partial charge in [-0.25, -0.2) is 0 Å². The van der Waals surface area contributed by atoms with Crippen LogP contribution in [-0.2, 0) is 22.3 Å². The van der Waals surface area contributed by atoms with E-state index in [1.165, 1.54) is 9.80 Å². The van der Waals surface area contributed by atoms with Crippen molar-refractivity contribution in [3.05, 3.63) is 70.8 Å². The monoisotopic (exact) mass is 473 g/mol. The molecule has 0 saturated carbocycles. The Morgan fingerprint density at radius 2 is 1.12 bits per heavy atom. The van der Waals surface area contributed by atoms with E-state index in [1.54, 1.807) is 29.2 Å². The van der Waals surface area contributed by atoms with E-state index in [4.69, 9.17) is 0 Å². The van der Waals surface area contributed by atoms with Gasteiger partial charge in [0.2, 0.25) is 11.8 Å². The van der Waals surface area contributed by atoms with Gasteiger partial charge in [-0.3, -0.25) is 24.1 Å². The second-order valence-corrected chi connectivity index (χ2v) is 8.23. The minimum Gasteiger partial charge on any atom is -0.335 e. The van der Waals surface area contributed by atoms with Crippen LogP contribution in [0.5, 0.6) is 0 Å². The summed E-state index contributed by atoms with van der Waals surface area (Å²) in [6.07, 6.45) is -4.01. The lowest BCUT2D eigenvalue weighted by atomic mass is 10.1. The molecule has 4 rings (SSSR count). The number of nitrogens with zero attached hydrogens (tertiary/aromatic N) is 3. The van der Waals surface area contributed by atoms with E-state index in [0.717, 1.165) is 29.8 Å². The van der Waals surface area contributed by atoms with Gasteiger partial charge in [0.15, 0.2) is 0 Å². The minimum atomic E-state index is -4.46. The third kappa shape index (κ3) is 4.95. The zero-order valence-corrected chi connectivity index (χ0v) is 18.2. The highest BCUT2D eigenvalue weighted by Gasteiger charge is 2.31. The summed E-state index contributed by atoms with van der Waals surface area (Å²) >= 11 is 0. The van der Waals surface area contributed by atoms with Crippen LogP contribution in [0.3, 0.4) is 0 Å². The molecule has 7 nitrogen and oxygen atoms in total. The van der Waals surface area contributed by atoms with Crippen LogP contribution in [0.15, 0.2) is 48.5 Å². The molecule has 2 saturated heterocycles. The number of carbonyl (C=O) groups is 4. The molecule has 0 aromatic heterocycles. The zero-order chi connectivity index (χ0) is 24.5. The van der Waals surface area contributed by atoms with Crippen LogP contribution in [0.1, 0.15) is 44.7 Å². The molecule has 34 heavy (non-hydrogen) atoms. The highest BCUT2D eigenvalue weighted by atomic mass is 19.4. The van der Waals surface area contributed by atoms with E-state index in [1.807, 2.05) is 0 Å². The maximum absolute atomic E-state index is 12.8. The number of amides is 4. The Balaban J connectivity index is 1.32. The number of hydrogen-bond acceptors (Lipinski definition) is 4. The molecule has 0 spiro atoms. The van der Waals surface area contributed by atoms with Crippen LogP contribution in [0.4, 0.5) is 13.2 Å². The molecule has 0 unspecified atom stereocenters. The molecular formula is C24H22F3N3O4. The fourth-order valence-corrected chi connectivity index (χ4v) is 4.01. The van der Waals surface area contributed by atoms with Gasteiger partial charge in [-0.2, -0.15) is 13.2 Å². The minimum absolute atomic E-state index is 0.165. The van der Waals surface area contributed by atoms with Crippen LogP contribution >= 0.6 is 0 Å². The Morgan fingerprint density at radius 3 is 1.53 bits per heavy atom. The van der Waals surface area contributed by atoms with Crippen molar-refractivity contribution in [2.75, 3.05) is 26.2 Å². The van der Waals surface area contributed by atoms with Gasteiger partial charge in [-0.1, -0.05) is 12.1 Å². The van der Waals surface area contributed by atoms with E-state index in [-0.39, 0.29) is 61.7 Å². The van der Waals surface area contributed by atoms with Crippen LogP contribution in [0.2, 0.25) is 0 Å². The molecule has 2 aliphatic rings. The van der Waals surface area contributed by atoms with Gasteiger partial charge in [-0.15, -0.1) is 0 Å². The average Bonchev–Trinajstić information content (AvgIpc) is 3.15. The molecule has 2 heterocycles. The molecule has 0 atom stereocenters. The second-order valence-electron chi connectivity index (χ2n) is 8.23. The molecule has 2 aromatic rings. The number of likely N-dealkylation sites (tertiary alicyclic amines) is 1. The summed E-state index contributed by atoms with van der Waals surface area (Å²) in [5, 5.41) is 0. The zero-order valence-electron chi connectivity index (χ0n) is 18.2. The number of rotatable bonds is 4. The maximum Gasteiger partial charge on any atom is 0.416 e. The first-order valence-electron chi connectivity index (χ1n) is 10.8. The predicted octanol–water partition coefficient (Wildman–Crippen LogP) is 2.95. The SMILES string of the molecule is O=C(c1ccc(CN2C(=O)CCC2=O)cc1)N1CCN(C(=O)c2ccc(C(F)(F)F)cc2)CC1. The largest absolute Gasteiger partial charge is 0.416 e. The van der Waals surface area contributed by atoms with E-state index in [9.17, 15) is 32.3 Å². The Morgan fingerprint density at radius 1 is 0.706 bits per heavy atom. The number of carbonyl (C=O) groups excluding carboxylic acids is 4. The van der Waals surface area contributed by atoms with Crippen LogP contribution in [0.25, 0.3) is 0 Å². The van der Waals surface area contributed by atoms with Crippen molar-refractivity contribution in [1.82, 2.24) is 14.7 Å². The molecule has 2 fully saturated rings. The van der Waals surface area contributed by atoms with Crippen molar-refractivity contribution in [2.45, 2.75) is 25.6 Å². The molecule has 4 amide bonds. The predicted molar refractivity (Wildman–Crippen MR) is 114 cm³/mol. The first kappa shape index (κ1) is 23.5. The lowest BCUT2D eigenvalue weighted by Crippen LogP contribution is -2.50. The normalized spacial score (nSPS) is 16.9. The van der Waals surface area contributed by atoms with Crippen molar-refractivity contribution < 1.29 is 32.3 Å². The van der Waals surface area contributed by atoms with Crippen molar-refractivity contribution in [3.8, 4) is 0 Å². The molecule has 178 valence electrons. The van der Waals surface area contributed by atoms with Crippen molar-refractivity contribution in [2.24, 2.45) is 0 Å². The first-order valence-corrected chi connectivity index (χ1v) is 10.8. The first-order chi connectivity index (χ1) is 16.1. The molecule has 0 bridgehead atoms. The molecular weight excluding hydrogens is 451 g/mol. The molecule has 2 aromatic carbocycles. The summed E-state index contributed by atoms with van der Waals surface area (Å²) in [5.41, 5.74) is 0.542. The van der Waals surface area contributed by atoms with Crippen molar-refractivity contribution in [3.63, 3.8) is 0 Å². The maximum atomic E-state index is 12.8. The summed E-state index contributed by atoms with van der Waals surface area (Å²) in [5.74, 6) is -0.986. The van der Waals surface area contributed by atoms with Gasteiger partial charge in [0.05, 0.1) is 12.1 Å². The van der Waals surface area contributed by atoms with Gasteiger partial charge < -0.3 is 9.80 Å². The summed E-state index contributed by atoms with van der Waals surface area (Å²) in [6.45, 7) is 1.30. The second kappa shape index (κ2) is 9.28. The van der Waals surface area contributed by atoms with Gasteiger partial charge in [-0.05, 0) is 42.0 Å². The Labute approximate surface area is 193 Å². The third-order valence-electron chi connectivity index (χ3n) is 6.01. The lowest BCUT2D eigenvalue weighted by Gasteiger charge is -2.35. The van der Waals surface area contributed by atoms with Gasteiger partial charge in [0.1, 0.15) is 0 Å². The average molecular weight is 473 g/mol. The van der Waals surface area contributed by atoms with E-state index >= 15 is 0 Å². The number of hydrogen-bond donors (Lipinski definition) is 0. The quantitative estimate of drug-likeness (QED) is 0.640. The highest BCUT2D eigenvalue weighted by molar-refractivity contribution is 6.02. The van der Waals surface area contributed by atoms with Gasteiger partial charge in [0.25, 0.3) is 11.8 Å². The summed E-state index contributed by atoms with van der Waals surface area (Å²) in [6, 6.07) is 10.8. The molecule has 0 aliphatic carbocycles. The van der Waals surface area contributed by atoms with Gasteiger partial charge >= 0.3 is 6.18 Å². The number of benzene rings is 2. The Kier molecular flexibility index (Phi) is 6.41. The van der Waals surface area contributed by atoms with Gasteiger partial charge in [0, 0.05) is 50.1 Å². The Hall–Kier alpha value is -3.69. The number of imide groups is 1. The number of alkyl halides is 3. The third-order valence-corrected chi connectivity index (χ3v) is 6.01. The fraction of sp³-hybridized carbons (Fsp3) is 0.333. The fourth-order valence-electron chi connectivity index (χ4n) is 4.01. The molecule has 0 radical (unpaired) electrons. The summed E-state index contributed by atoms with van der Waals surface area (Å²) < 4.78 is 38.1. The lowest BCUT2D eigenvalue weighted by molar-refractivity contribution is -0.139. The molecule has 2 aliphatic heterocycles. The van der Waals surface area contributed by atoms with E-state index in [0.29, 0.717) is 18.7 Å². The number of piperazine rings is 1. The van der Waals surface area contributed by atoms with E-state index in [2.05, 4.69) is 0 Å². The smallest absolute Gasteiger partial charge is 0.335 e. The standard InChI is InChI=1S/C24H22F3N3O4/c25-24(26,27)19-7-5-18(6-8-19)23(34)29-13-11-28(12-14-29)22(33)17-3-1-16(2-4-17)15-30-20(31)9-10-21(30)32/h1-8H,9-15H2. The summed E-state index contributed by atoms with van der Waals surface area (Å²) in [7, 11) is 0. The topological polar surface area (TPSA) is 78.0 Å². The van der Waals surface area contributed by atoms with Crippen LogP contribution < -0.4 is 0 Å². The van der Waals surface area contributed by atoms with Crippen LogP contribution in [0, 0.1) is 0 Å². The Bertz CT molecular complexity index is 1090. The van der Waals surface area contributed by atoms with Crippen LogP contribution in [-0.4, -0.2) is 64.5 Å². The van der Waals surface area contributed by atoms with Crippen molar-refractivity contribution in [1.29, 1.82) is 0 Å². The summed E-state index contributed by atoms with van der Waals surface area (Å²) in [4.78, 5) is 53.3. The molecule has 0 N–H and O–H groups in total. The van der Waals surface area contributed by atoms with E-state index < -0.39 is 11.7 Å². The highest BCUT2D eigenvalue weighted by Crippen LogP contribution is 2.29.